The van der Waals surface area contributed by atoms with E-state index in [4.69, 9.17) is 11.6 Å². The summed E-state index contributed by atoms with van der Waals surface area (Å²) < 4.78 is 30.5. The molecule has 2 fully saturated rings. The molecule has 3 aromatic rings. The molecule has 1 unspecified atom stereocenters. The number of hydrogen-bond donors (Lipinski definition) is 3. The number of likely N-dealkylation sites (tertiary alicyclic amines) is 2. The lowest BCUT2D eigenvalue weighted by Crippen LogP contribution is -2.57. The number of carbonyl (C=O) groups excluding carboxylic acids is 1. The third kappa shape index (κ3) is 5.92. The highest BCUT2D eigenvalue weighted by Gasteiger charge is 2.36. The second kappa shape index (κ2) is 11.6. The van der Waals surface area contributed by atoms with Gasteiger partial charge in [0.25, 0.3) is 12.3 Å². The summed E-state index contributed by atoms with van der Waals surface area (Å²) in [6.07, 6.45) is 1.75. The maximum atomic E-state index is 14.4. The van der Waals surface area contributed by atoms with Crippen molar-refractivity contribution < 1.29 is 13.6 Å². The predicted octanol–water partition coefficient (Wildman–Crippen LogP) is 5.47. The molecule has 1 atom stereocenters. The summed E-state index contributed by atoms with van der Waals surface area (Å²) in [5.41, 5.74) is 1.04. The van der Waals surface area contributed by atoms with Gasteiger partial charge in [0.1, 0.15) is 17.2 Å². The zero-order valence-corrected chi connectivity index (χ0v) is 25.0. The number of alkyl halides is 2. The van der Waals surface area contributed by atoms with Crippen LogP contribution in [0.4, 0.5) is 14.6 Å². The van der Waals surface area contributed by atoms with Gasteiger partial charge in [-0.25, -0.2) is 13.8 Å². The molecule has 0 bridgehead atoms. The Kier molecular flexibility index (Phi) is 8.29. The molecule has 3 N–H and O–H groups in total. The number of aromatic amines is 1. The fourth-order valence-corrected chi connectivity index (χ4v) is 6.25. The van der Waals surface area contributed by atoms with Gasteiger partial charge in [-0.1, -0.05) is 45.4 Å². The number of anilines is 1. The number of nitrogens with one attached hydrogen (secondary N) is 3. The fourth-order valence-electron chi connectivity index (χ4n) is 5.80. The standard InChI is InChI=1S/C29H39ClF2N8O/c1-6-9-39-14-17(15-39)34-28(41)25-24(26(31)32)35-23(40(25)18-8-10-38(7-2)16-18)13-33-27-19-11-20(29(3,4)5)21(30)12-22(19)36-37-27/h6,9,11-12,17-18,26H,7-8,10,13-16H2,1-5H3,(H,34,41)(H2,33,36,37). The molecule has 2 aromatic heterocycles. The van der Waals surface area contributed by atoms with Crippen LogP contribution in [-0.4, -0.2) is 74.2 Å². The van der Waals surface area contributed by atoms with Gasteiger partial charge in [-0.3, -0.25) is 9.89 Å². The van der Waals surface area contributed by atoms with Crippen molar-refractivity contribution in [1.82, 2.24) is 34.9 Å². The maximum absolute atomic E-state index is 14.4. The van der Waals surface area contributed by atoms with Gasteiger partial charge < -0.3 is 25.0 Å². The van der Waals surface area contributed by atoms with Crippen LogP contribution < -0.4 is 10.6 Å². The summed E-state index contributed by atoms with van der Waals surface area (Å²) in [4.78, 5) is 22.2. The lowest BCUT2D eigenvalue weighted by molar-refractivity contribution is 0.0850. The quantitative estimate of drug-likeness (QED) is 0.307. The van der Waals surface area contributed by atoms with Crippen molar-refractivity contribution in [3.63, 3.8) is 0 Å². The van der Waals surface area contributed by atoms with Crippen LogP contribution >= 0.6 is 11.6 Å². The number of nitrogens with zero attached hydrogens (tertiary/aromatic N) is 5. The van der Waals surface area contributed by atoms with Crippen molar-refractivity contribution in [2.75, 3.05) is 38.0 Å². The van der Waals surface area contributed by atoms with Crippen LogP contribution in [0.2, 0.25) is 5.02 Å². The van der Waals surface area contributed by atoms with E-state index < -0.39 is 18.0 Å². The summed E-state index contributed by atoms with van der Waals surface area (Å²) >= 11 is 6.54. The number of amides is 1. The van der Waals surface area contributed by atoms with E-state index in [0.717, 1.165) is 36.0 Å². The molecule has 0 aliphatic carbocycles. The molecular weight excluding hydrogens is 550 g/mol. The lowest BCUT2D eigenvalue weighted by atomic mass is 9.86. The zero-order valence-electron chi connectivity index (χ0n) is 24.3. The first-order valence-corrected chi connectivity index (χ1v) is 14.6. The van der Waals surface area contributed by atoms with Crippen LogP contribution in [0.15, 0.2) is 24.4 Å². The van der Waals surface area contributed by atoms with Gasteiger partial charge in [0.2, 0.25) is 0 Å². The van der Waals surface area contributed by atoms with Crippen molar-refractivity contribution in [3.05, 3.63) is 52.2 Å². The van der Waals surface area contributed by atoms with Gasteiger partial charge in [0, 0.05) is 42.6 Å². The number of rotatable bonds is 9. The minimum atomic E-state index is -2.89. The lowest BCUT2D eigenvalue weighted by Gasteiger charge is -2.39. The van der Waals surface area contributed by atoms with Crippen LogP contribution in [0, 0.1) is 0 Å². The number of allylic oxidation sites excluding steroid dienone is 1. The average Bonchev–Trinajstić information content (AvgIpc) is 3.61. The molecule has 9 nitrogen and oxygen atoms in total. The van der Waals surface area contributed by atoms with E-state index in [1.165, 1.54) is 0 Å². The smallest absolute Gasteiger partial charge is 0.282 e. The predicted molar refractivity (Wildman–Crippen MR) is 158 cm³/mol. The van der Waals surface area contributed by atoms with Gasteiger partial charge in [-0.15, -0.1) is 0 Å². The summed E-state index contributed by atoms with van der Waals surface area (Å²) in [7, 11) is 0. The topological polar surface area (TPSA) is 94.1 Å². The minimum absolute atomic E-state index is 0.0436. The number of fused-ring (bicyclic) bond motifs is 1. The van der Waals surface area contributed by atoms with Crippen LogP contribution in [0.1, 0.15) is 81.1 Å². The first-order chi connectivity index (χ1) is 19.5. The Morgan fingerprint density at radius 1 is 1.27 bits per heavy atom. The Bertz CT molecular complexity index is 1440. The molecule has 0 spiro atoms. The Morgan fingerprint density at radius 2 is 2.02 bits per heavy atom. The van der Waals surface area contributed by atoms with Crippen LogP contribution in [0.5, 0.6) is 0 Å². The first-order valence-electron chi connectivity index (χ1n) is 14.2. The highest BCUT2D eigenvalue weighted by Crippen LogP contribution is 2.35. The zero-order chi connectivity index (χ0) is 29.5. The Labute approximate surface area is 244 Å². The van der Waals surface area contributed by atoms with E-state index in [2.05, 4.69) is 63.3 Å². The Morgan fingerprint density at radius 3 is 2.66 bits per heavy atom. The Balaban J connectivity index is 1.47. The minimum Gasteiger partial charge on any atom is -0.373 e. The van der Waals surface area contributed by atoms with E-state index in [1.54, 1.807) is 4.57 Å². The molecule has 0 saturated carbocycles. The van der Waals surface area contributed by atoms with Crippen molar-refractivity contribution in [1.29, 1.82) is 0 Å². The van der Waals surface area contributed by atoms with Crippen molar-refractivity contribution in [2.24, 2.45) is 0 Å². The molecule has 1 aromatic carbocycles. The fraction of sp³-hybridized carbons (Fsp3) is 0.552. The van der Waals surface area contributed by atoms with Gasteiger partial charge in [0.15, 0.2) is 5.82 Å². The number of likely N-dealkylation sites (N-methyl/N-ethyl adjacent to an activating group) is 1. The number of hydrogen-bond acceptors (Lipinski definition) is 6. The number of H-pyrrole nitrogens is 1. The molecule has 41 heavy (non-hydrogen) atoms. The normalized spacial score (nSPS) is 18.7. The SMILES string of the molecule is CC=CN1CC(NC(=O)c2c(C(F)F)nc(CNc3n[nH]c4cc(Cl)c(C(C)(C)C)cc34)n2C2CCN(CC)C2)C1. The Hall–Kier alpha value is -3.18. The van der Waals surface area contributed by atoms with Gasteiger partial charge in [0.05, 0.1) is 18.1 Å². The van der Waals surface area contributed by atoms with Crippen molar-refractivity contribution >= 4 is 34.2 Å². The number of imidazole rings is 1. The van der Waals surface area contributed by atoms with Crippen LogP contribution in [0.25, 0.3) is 10.9 Å². The molecule has 2 aliphatic rings. The maximum Gasteiger partial charge on any atom is 0.282 e. The number of benzene rings is 1. The second-order valence-corrected chi connectivity index (χ2v) is 12.3. The second-order valence-electron chi connectivity index (χ2n) is 11.9. The molecule has 1 amide bonds. The van der Waals surface area contributed by atoms with E-state index in [1.807, 2.05) is 31.3 Å². The number of aromatic nitrogens is 4. The molecule has 0 radical (unpaired) electrons. The summed E-state index contributed by atoms with van der Waals surface area (Å²) in [5.74, 6) is 0.453. The third-order valence-electron chi connectivity index (χ3n) is 7.97. The van der Waals surface area contributed by atoms with Gasteiger partial charge >= 0.3 is 0 Å². The molecule has 2 saturated heterocycles. The summed E-state index contributed by atoms with van der Waals surface area (Å²) in [5, 5.41) is 15.2. The largest absolute Gasteiger partial charge is 0.373 e. The van der Waals surface area contributed by atoms with Crippen molar-refractivity contribution in [3.8, 4) is 0 Å². The van der Waals surface area contributed by atoms with Crippen LogP contribution in [-0.2, 0) is 12.0 Å². The first kappa shape index (κ1) is 29.3. The molecule has 5 rings (SSSR count). The monoisotopic (exact) mass is 588 g/mol. The van der Waals surface area contributed by atoms with E-state index in [9.17, 15) is 13.6 Å². The molecule has 222 valence electrons. The van der Waals surface area contributed by atoms with E-state index in [-0.39, 0.29) is 29.7 Å². The summed E-state index contributed by atoms with van der Waals surface area (Å²) in [6, 6.07) is 3.61. The molecular formula is C29H39ClF2N8O. The molecule has 12 heteroatoms. The average molecular weight is 589 g/mol. The molecule has 4 heterocycles. The van der Waals surface area contributed by atoms with Crippen LogP contribution in [0.3, 0.4) is 0 Å². The summed E-state index contributed by atoms with van der Waals surface area (Å²) in [6.45, 7) is 14.0. The third-order valence-corrected chi connectivity index (χ3v) is 8.28. The number of halogens is 3. The highest BCUT2D eigenvalue weighted by atomic mass is 35.5. The number of carbonyl (C=O) groups is 1. The van der Waals surface area contributed by atoms with E-state index in [0.29, 0.717) is 36.3 Å². The van der Waals surface area contributed by atoms with Gasteiger partial charge in [-0.2, -0.15) is 5.10 Å². The van der Waals surface area contributed by atoms with Gasteiger partial charge in [-0.05, 0) is 49.2 Å². The van der Waals surface area contributed by atoms with E-state index >= 15 is 0 Å². The highest BCUT2D eigenvalue weighted by molar-refractivity contribution is 6.32. The molecule has 2 aliphatic heterocycles. The van der Waals surface area contributed by atoms with Crippen molar-refractivity contribution in [2.45, 2.75) is 71.5 Å².